The summed E-state index contributed by atoms with van der Waals surface area (Å²) >= 11 is 0. The molecule has 1 aliphatic carbocycles. The van der Waals surface area contributed by atoms with Crippen LogP contribution in [0.2, 0.25) is 0 Å². The van der Waals surface area contributed by atoms with Gasteiger partial charge in [0.15, 0.2) is 0 Å². The van der Waals surface area contributed by atoms with Gasteiger partial charge in [0, 0.05) is 11.6 Å². The van der Waals surface area contributed by atoms with Gasteiger partial charge in [-0.05, 0) is 17.7 Å². The van der Waals surface area contributed by atoms with Crippen LogP contribution in [0.1, 0.15) is 5.56 Å². The quantitative estimate of drug-likeness (QED) is 0.461. The summed E-state index contributed by atoms with van der Waals surface area (Å²) in [5, 5.41) is 40.7. The molecule has 8 heteroatoms. The molecular weight excluding hydrogens is 336 g/mol. The molecule has 0 amide bonds. The molecule has 0 saturated heterocycles. The first kappa shape index (κ1) is 18.0. The molecule has 0 saturated carbocycles. The van der Waals surface area contributed by atoms with Crippen LogP contribution in [0.5, 0.6) is 0 Å². The molecule has 0 N–H and O–H groups in total. The third kappa shape index (κ3) is 3.96. The molecule has 0 bridgehead atoms. The van der Waals surface area contributed by atoms with Gasteiger partial charge in [0.2, 0.25) is 0 Å². The number of nitrogens with zero attached hydrogens (tertiary/aromatic N) is 4. The Balaban J connectivity index is 2.77. The maximum atomic E-state index is 11.4. The van der Waals surface area contributed by atoms with E-state index in [0.29, 0.717) is 5.57 Å². The minimum Gasteiger partial charge on any atom is -0.258 e. The van der Waals surface area contributed by atoms with Gasteiger partial charge in [-0.25, -0.2) is 0 Å². The van der Waals surface area contributed by atoms with Crippen molar-refractivity contribution >= 4 is 16.9 Å². The Bertz CT molecular complexity index is 981. The summed E-state index contributed by atoms with van der Waals surface area (Å²) in [6, 6.07) is 6.49. The molecule has 126 valence electrons. The van der Waals surface area contributed by atoms with Crippen LogP contribution in [-0.2, 0) is 0 Å². The first-order chi connectivity index (χ1) is 12.5. The van der Waals surface area contributed by atoms with Gasteiger partial charge in [-0.15, -0.1) is 0 Å². The highest BCUT2D eigenvalue weighted by Crippen LogP contribution is 2.33. The summed E-state index contributed by atoms with van der Waals surface area (Å²) in [5.74, 6) is 0. The Morgan fingerprint density at radius 3 is 2.08 bits per heavy atom. The van der Waals surface area contributed by atoms with E-state index in [0.717, 1.165) is 12.1 Å². The van der Waals surface area contributed by atoms with Gasteiger partial charge < -0.3 is 0 Å². The fraction of sp³-hybridized carbons (Fsp3) is 0. The predicted molar refractivity (Wildman–Crippen MR) is 93.4 cm³/mol. The molecule has 0 heterocycles. The fourth-order valence-electron chi connectivity index (χ4n) is 2.22. The van der Waals surface area contributed by atoms with Crippen LogP contribution in [-0.4, -0.2) is 9.85 Å². The van der Waals surface area contributed by atoms with Crippen LogP contribution in [0.3, 0.4) is 0 Å². The second-order valence-corrected chi connectivity index (χ2v) is 4.98. The van der Waals surface area contributed by atoms with Gasteiger partial charge in [0.25, 0.3) is 11.4 Å². The lowest BCUT2D eigenvalue weighted by atomic mass is 9.96. The summed E-state index contributed by atoms with van der Waals surface area (Å²) in [4.78, 5) is 20.7. The number of benzene rings is 1. The van der Waals surface area contributed by atoms with E-state index in [1.165, 1.54) is 12.1 Å². The lowest BCUT2D eigenvalue weighted by Gasteiger charge is -2.06. The number of nitriles is 2. The standard InChI is InChI=1S/C18H10N4O4/c19-11-14(12-20)17(9-13-5-3-1-2-4-6-13)16-8-7-15(21(23)24)10-18(16)22(25)26/h1-10H. The zero-order chi connectivity index (χ0) is 19.1. The minimum atomic E-state index is -0.784. The largest absolute Gasteiger partial charge is 0.284 e. The SMILES string of the molecule is N#CC(C#N)=C(C=C1C=CC=CC=C1)c1ccc([N+](=O)[O-])cc1[N+](=O)[O-]. The van der Waals surface area contributed by atoms with Crippen LogP contribution in [0.4, 0.5) is 11.4 Å². The van der Waals surface area contributed by atoms with Crippen molar-refractivity contribution in [1.82, 2.24) is 0 Å². The molecule has 0 aliphatic heterocycles. The van der Waals surface area contributed by atoms with Crippen molar-refractivity contribution in [2.24, 2.45) is 0 Å². The second kappa shape index (κ2) is 7.99. The number of allylic oxidation sites excluding steroid dienone is 10. The maximum Gasteiger partial charge on any atom is 0.284 e. The molecule has 1 aromatic carbocycles. The Morgan fingerprint density at radius 1 is 0.962 bits per heavy atom. The average molecular weight is 346 g/mol. The number of hydrogen-bond donors (Lipinski definition) is 0. The normalized spacial score (nSPS) is 11.8. The highest BCUT2D eigenvalue weighted by Gasteiger charge is 2.23. The summed E-state index contributed by atoms with van der Waals surface area (Å²) in [6.07, 6.45) is 11.8. The topological polar surface area (TPSA) is 134 Å². The molecule has 1 aliphatic rings. The summed E-state index contributed by atoms with van der Waals surface area (Å²) in [6.45, 7) is 0. The average Bonchev–Trinajstić information content (AvgIpc) is 2.90. The van der Waals surface area contributed by atoms with Crippen molar-refractivity contribution in [3.63, 3.8) is 0 Å². The molecule has 0 atom stereocenters. The van der Waals surface area contributed by atoms with Crippen molar-refractivity contribution in [3.8, 4) is 12.1 Å². The van der Waals surface area contributed by atoms with E-state index in [-0.39, 0.29) is 16.7 Å². The Morgan fingerprint density at radius 2 is 1.58 bits per heavy atom. The van der Waals surface area contributed by atoms with Gasteiger partial charge in [-0.2, -0.15) is 10.5 Å². The molecule has 26 heavy (non-hydrogen) atoms. The van der Waals surface area contributed by atoms with E-state index in [9.17, 15) is 30.8 Å². The van der Waals surface area contributed by atoms with E-state index in [1.54, 1.807) is 48.6 Å². The molecule has 0 spiro atoms. The van der Waals surface area contributed by atoms with Gasteiger partial charge in [-0.1, -0.05) is 36.5 Å². The predicted octanol–water partition coefficient (Wildman–Crippen LogP) is 3.91. The number of rotatable bonds is 4. The van der Waals surface area contributed by atoms with Gasteiger partial charge in [0.1, 0.15) is 17.7 Å². The molecular formula is C18H10N4O4. The lowest BCUT2D eigenvalue weighted by molar-refractivity contribution is -0.394. The van der Waals surface area contributed by atoms with Crippen molar-refractivity contribution in [3.05, 3.63) is 97.7 Å². The van der Waals surface area contributed by atoms with Crippen molar-refractivity contribution in [2.45, 2.75) is 0 Å². The lowest BCUT2D eigenvalue weighted by Crippen LogP contribution is -1.98. The molecule has 0 radical (unpaired) electrons. The fourth-order valence-corrected chi connectivity index (χ4v) is 2.22. The molecule has 1 aromatic rings. The minimum absolute atomic E-state index is 0.0165. The number of nitro benzene ring substituents is 2. The van der Waals surface area contributed by atoms with E-state index < -0.39 is 21.2 Å². The first-order valence-corrected chi connectivity index (χ1v) is 7.18. The molecule has 2 rings (SSSR count). The van der Waals surface area contributed by atoms with Crippen LogP contribution < -0.4 is 0 Å². The molecule has 8 nitrogen and oxygen atoms in total. The summed E-state index contributed by atoms with van der Waals surface area (Å²) in [5.41, 5.74) is -0.794. The summed E-state index contributed by atoms with van der Waals surface area (Å²) < 4.78 is 0. The van der Waals surface area contributed by atoms with E-state index in [2.05, 4.69) is 0 Å². The van der Waals surface area contributed by atoms with E-state index in [1.807, 2.05) is 0 Å². The highest BCUT2D eigenvalue weighted by molar-refractivity contribution is 5.87. The van der Waals surface area contributed by atoms with E-state index in [4.69, 9.17) is 0 Å². The highest BCUT2D eigenvalue weighted by atomic mass is 16.6. The Hall–Kier alpha value is -4.30. The Labute approximate surface area is 147 Å². The number of hydrogen-bond acceptors (Lipinski definition) is 6. The van der Waals surface area contributed by atoms with Gasteiger partial charge >= 0.3 is 0 Å². The van der Waals surface area contributed by atoms with E-state index >= 15 is 0 Å². The molecule has 0 fully saturated rings. The number of non-ortho nitro benzene ring substituents is 1. The second-order valence-electron chi connectivity index (χ2n) is 4.98. The van der Waals surface area contributed by atoms with Gasteiger partial charge in [-0.3, -0.25) is 20.2 Å². The smallest absolute Gasteiger partial charge is 0.258 e. The zero-order valence-electron chi connectivity index (χ0n) is 13.2. The van der Waals surface area contributed by atoms with Gasteiger partial charge in [0.05, 0.1) is 21.5 Å². The van der Waals surface area contributed by atoms with Crippen LogP contribution in [0.25, 0.3) is 5.57 Å². The van der Waals surface area contributed by atoms with Crippen molar-refractivity contribution in [2.75, 3.05) is 0 Å². The third-order valence-corrected chi connectivity index (χ3v) is 3.39. The molecule has 0 unspecified atom stereocenters. The van der Waals surface area contributed by atoms with Crippen LogP contribution in [0.15, 0.2) is 71.9 Å². The number of nitro groups is 2. The maximum absolute atomic E-state index is 11.4. The zero-order valence-corrected chi connectivity index (χ0v) is 13.2. The van der Waals surface area contributed by atoms with Crippen molar-refractivity contribution < 1.29 is 9.85 Å². The summed E-state index contributed by atoms with van der Waals surface area (Å²) in [7, 11) is 0. The monoisotopic (exact) mass is 346 g/mol. The third-order valence-electron chi connectivity index (χ3n) is 3.39. The van der Waals surface area contributed by atoms with Crippen molar-refractivity contribution in [1.29, 1.82) is 10.5 Å². The molecule has 0 aromatic heterocycles. The first-order valence-electron chi connectivity index (χ1n) is 7.18. The van der Waals surface area contributed by atoms with Crippen LogP contribution in [0, 0.1) is 42.9 Å². The van der Waals surface area contributed by atoms with Crippen LogP contribution >= 0.6 is 0 Å². The Kier molecular flexibility index (Phi) is 5.55.